The molecule has 0 saturated carbocycles. The highest BCUT2D eigenvalue weighted by Gasteiger charge is 2.33. The fraction of sp³-hybridized carbons (Fsp3) is 0.257. The molecule has 4 aliphatic rings. The number of fused-ring (bicyclic) bond motifs is 12. The summed E-state index contributed by atoms with van der Waals surface area (Å²) < 4.78 is 29.7. The molecule has 0 aliphatic carbocycles. The monoisotopic (exact) mass is 1860 g/mol. The number of ether oxygens (including phenoxy) is 4. The Hall–Kier alpha value is -14.5. The van der Waals surface area contributed by atoms with Crippen molar-refractivity contribution in [1.82, 2.24) is 77.9 Å². The van der Waals surface area contributed by atoms with Gasteiger partial charge in [-0.25, -0.2) is 24.9 Å². The molecule has 8 atom stereocenters. The molecule has 8 aromatic carbocycles. The number of benzene rings is 8. The summed E-state index contributed by atoms with van der Waals surface area (Å²) in [5.41, 5.74) is 17.1. The number of rotatable bonds is 17. The molecule has 694 valence electrons. The lowest BCUT2D eigenvalue weighted by molar-refractivity contribution is -0.0395. The molecule has 4 fully saturated rings. The zero-order valence-corrected chi connectivity index (χ0v) is 77.1. The average molecular weight is 1860 g/mol. The van der Waals surface area contributed by atoms with Crippen molar-refractivity contribution < 1.29 is 39.4 Å². The van der Waals surface area contributed by atoms with Crippen molar-refractivity contribution >= 4 is 98.5 Å². The summed E-state index contributed by atoms with van der Waals surface area (Å²) in [7, 11) is 1.88. The second kappa shape index (κ2) is 40.8. The van der Waals surface area contributed by atoms with Gasteiger partial charge in [-0.1, -0.05) is 110 Å². The maximum Gasteiger partial charge on any atom is 0.261 e. The smallest absolute Gasteiger partial charge is 0.261 e. The van der Waals surface area contributed by atoms with E-state index in [2.05, 4.69) is 110 Å². The highest BCUT2D eigenvalue weighted by molar-refractivity contribution is 7.99. The highest BCUT2D eigenvalue weighted by atomic mass is 32.2. The van der Waals surface area contributed by atoms with Crippen LogP contribution in [-0.4, -0.2) is 181 Å². The zero-order valence-electron chi connectivity index (χ0n) is 76.2. The van der Waals surface area contributed by atoms with Crippen LogP contribution in [0.3, 0.4) is 0 Å². The lowest BCUT2D eigenvalue weighted by atomic mass is 9.95. The maximum absolute atomic E-state index is 13.7. The van der Waals surface area contributed by atoms with Crippen molar-refractivity contribution in [1.29, 1.82) is 0 Å². The number of aromatic nitrogens is 16. The average Bonchev–Trinajstić information content (AvgIpc) is 0.901. The number of hydrogen-bond acceptors (Lipinski definition) is 24. The highest BCUT2D eigenvalue weighted by Crippen LogP contribution is 2.37. The molecule has 11 aromatic heterocycles. The van der Waals surface area contributed by atoms with E-state index >= 15 is 0 Å². The molecule has 0 spiro atoms. The van der Waals surface area contributed by atoms with Gasteiger partial charge < -0.3 is 39.4 Å². The third-order valence-corrected chi connectivity index (χ3v) is 27.3. The van der Waals surface area contributed by atoms with Crippen LogP contribution in [0.5, 0.6) is 0 Å². The van der Waals surface area contributed by atoms with Crippen LogP contribution in [0.2, 0.25) is 0 Å². The van der Waals surface area contributed by atoms with E-state index in [0.717, 1.165) is 138 Å². The van der Waals surface area contributed by atoms with Gasteiger partial charge in [-0.05, 0) is 221 Å². The van der Waals surface area contributed by atoms with Gasteiger partial charge in [-0.3, -0.25) is 67.0 Å². The summed E-state index contributed by atoms with van der Waals surface area (Å²) in [6.07, 6.45) is 24.7. The molecule has 0 radical (unpaired) electrons. The molecular weight excluding hydrogens is 1760 g/mol. The number of aliphatic hydroxyl groups is 4. The van der Waals surface area contributed by atoms with Crippen molar-refractivity contribution in [2.24, 2.45) is 7.05 Å². The summed E-state index contributed by atoms with van der Waals surface area (Å²) in [6, 6.07) is 62.7. The van der Waals surface area contributed by atoms with E-state index in [-0.39, 0.29) is 47.5 Å². The van der Waals surface area contributed by atoms with Gasteiger partial charge in [0.2, 0.25) is 0 Å². The molecule has 23 rings (SSSR count). The molecule has 28 nitrogen and oxygen atoms in total. The quantitative estimate of drug-likeness (QED) is 0.0486. The van der Waals surface area contributed by atoms with Gasteiger partial charge in [-0.15, -0.1) is 11.8 Å². The van der Waals surface area contributed by atoms with Gasteiger partial charge in [0.25, 0.3) is 22.2 Å². The van der Waals surface area contributed by atoms with Gasteiger partial charge in [0.15, 0.2) is 0 Å². The first-order valence-electron chi connectivity index (χ1n) is 46.5. The Bertz CT molecular complexity index is 8020. The Kier molecular flexibility index (Phi) is 27.0. The summed E-state index contributed by atoms with van der Waals surface area (Å²) in [5.74, 6) is 0.989. The molecular formula is C109H100N16O12S. The molecule has 15 heterocycles. The van der Waals surface area contributed by atoms with Crippen LogP contribution in [0.1, 0.15) is 107 Å². The fourth-order valence-corrected chi connectivity index (χ4v) is 20.0. The Morgan fingerprint density at radius 2 is 0.739 bits per heavy atom. The van der Waals surface area contributed by atoms with E-state index in [0.29, 0.717) is 135 Å². The number of aliphatic hydroxyl groups excluding tert-OH is 4. The normalized spacial score (nSPS) is 18.4. The topological polar surface area (TPSA) is 353 Å². The maximum atomic E-state index is 13.7. The number of aryl methyl sites for hydroxylation is 2. The number of hydrogen-bond donors (Lipinski definition) is 4. The number of thioether (sulfide) groups is 1. The molecule has 0 unspecified atom stereocenters. The van der Waals surface area contributed by atoms with E-state index in [1.807, 2.05) is 178 Å². The zero-order chi connectivity index (χ0) is 94.4. The van der Waals surface area contributed by atoms with Crippen LogP contribution in [0, 0.1) is 6.92 Å². The molecule has 4 saturated heterocycles. The molecule has 0 amide bonds. The summed E-state index contributed by atoms with van der Waals surface area (Å²) in [4.78, 5) is 99.8. The van der Waals surface area contributed by atoms with Gasteiger partial charge in [0.1, 0.15) is 0 Å². The largest absolute Gasteiger partial charge is 0.391 e. The van der Waals surface area contributed by atoms with Gasteiger partial charge in [0, 0.05) is 127 Å². The lowest BCUT2D eigenvalue weighted by Crippen LogP contribution is -2.39. The van der Waals surface area contributed by atoms with Gasteiger partial charge in [0.05, 0.1) is 172 Å². The predicted octanol–water partition coefficient (Wildman–Crippen LogP) is 15.4. The fourth-order valence-electron chi connectivity index (χ4n) is 19.4. The van der Waals surface area contributed by atoms with E-state index in [4.69, 9.17) is 18.9 Å². The van der Waals surface area contributed by atoms with Crippen molar-refractivity contribution in [3.63, 3.8) is 0 Å². The van der Waals surface area contributed by atoms with Crippen molar-refractivity contribution in [2.45, 2.75) is 119 Å². The minimum Gasteiger partial charge on any atom is -0.391 e. The van der Waals surface area contributed by atoms with Crippen LogP contribution in [0.15, 0.2) is 299 Å². The molecule has 29 heteroatoms. The number of pyridine rings is 6. The van der Waals surface area contributed by atoms with Crippen LogP contribution in [0.4, 0.5) is 0 Å². The number of nitrogens with zero attached hydrogens (tertiary/aromatic N) is 16. The van der Waals surface area contributed by atoms with E-state index in [1.54, 1.807) is 88.1 Å². The summed E-state index contributed by atoms with van der Waals surface area (Å²) in [6.45, 7) is 7.16. The first-order chi connectivity index (χ1) is 67.5. The van der Waals surface area contributed by atoms with Crippen LogP contribution in [-0.2, 0) is 51.7 Å². The first kappa shape index (κ1) is 91.3. The molecule has 0 bridgehead atoms. The Morgan fingerprint density at radius 1 is 0.348 bits per heavy atom. The van der Waals surface area contributed by atoms with Gasteiger partial charge >= 0.3 is 0 Å². The lowest BCUT2D eigenvalue weighted by Gasteiger charge is -2.29. The molecule has 4 N–H and O–H groups in total. The molecule has 4 aliphatic heterocycles. The molecule has 138 heavy (non-hydrogen) atoms. The minimum atomic E-state index is -0.734. The second-order valence-corrected chi connectivity index (χ2v) is 36.6. The summed E-state index contributed by atoms with van der Waals surface area (Å²) in [5, 5.41) is 57.3. The van der Waals surface area contributed by atoms with Crippen LogP contribution >= 0.6 is 11.8 Å². The van der Waals surface area contributed by atoms with Crippen molar-refractivity contribution in [3.8, 4) is 33.8 Å². The Labute approximate surface area is 796 Å². The molecule has 19 aromatic rings. The SMILES string of the molecule is CCSc1ccc(Cc2cc3c(=O)n([C@H]4CCOC[C@@H]4O)cnc3c3ccccc23)cn1.Cc1ncccc1-c1cc(Cc2cc3c(=O)n([C@H]4CCOC[C@@H]4O)cnc3c3ccccc23)ccn1.Cn1cc(-c2cc(Cc3cc4c(=O)n([C@H]5COCC[C@@H]5O)cnc4c4ccccc34)ccn2)cn1.O=c1c2cc(Cc3ccnc(-c4cccnc4)c3)c3ccccc3c2ncn1[C@H]1COCC[C@@H]1O. The van der Waals surface area contributed by atoms with Crippen molar-refractivity contribution in [2.75, 3.05) is 58.6 Å². The third kappa shape index (κ3) is 19.0. The van der Waals surface area contributed by atoms with E-state index in [9.17, 15) is 39.6 Å². The van der Waals surface area contributed by atoms with E-state index in [1.165, 1.54) is 9.13 Å². The third-order valence-electron chi connectivity index (χ3n) is 26.5. The summed E-state index contributed by atoms with van der Waals surface area (Å²) >= 11 is 1.72. The standard InChI is InChI=1S/C29H26N4O3.C28H24N4O3.C27H25N5O3.C25H25N3O3S/c1-18-21(7-4-10-30-18)25-14-19(8-11-31-25)13-20-15-24-28(23-6-3-2-5-22(20)23)32-17-33(29(24)35)26-9-12-36-16-27(26)34;33-26-8-11-35-16-25(26)32-17-31-27-22-6-2-1-5-21(22)20(14-23(27)28(32)34)12-18-7-10-30-24(13-18)19-4-3-9-29-15-19;1-31-14-19(13-30-31)23-11-17(6-8-28-23)10-18-12-22-26(21-5-3-2-4-20(18)21)29-16-32(27(22)34)24-15-35-9-7-25(24)33;1-2-32-23-8-7-16(13-26-23)11-17-12-20-24(19-6-4-3-5-18(17)19)27-15-28(25(20)30)21-9-10-31-14-22(21)29/h2-8,10-11,14-15,17,26-27,34H,9,12-13,16H2,1H3;1-7,9-10,13-15,17,25-26,33H,8,11-12,16H2;2-6,8,11-14,16,24-25,33H,7,9-10,15H2,1H3;3-8,12-13,15,21-22,29H,2,9-11,14H2,1H3/t26-,27-;25-,26-;24-,25-;21-,22-/m0000/s1. The predicted molar refractivity (Wildman–Crippen MR) is 534 cm³/mol. The van der Waals surface area contributed by atoms with Crippen LogP contribution < -0.4 is 22.2 Å². The second-order valence-electron chi connectivity index (χ2n) is 35.3. The van der Waals surface area contributed by atoms with E-state index < -0.39 is 36.5 Å². The van der Waals surface area contributed by atoms with Crippen molar-refractivity contribution in [3.05, 3.63) is 367 Å². The minimum absolute atomic E-state index is 0.124. The Morgan fingerprint density at radius 3 is 1.12 bits per heavy atom. The Balaban J connectivity index is 0.000000114. The van der Waals surface area contributed by atoms with Crippen LogP contribution in [0.25, 0.3) is 120 Å². The first-order valence-corrected chi connectivity index (χ1v) is 47.4. The van der Waals surface area contributed by atoms with Gasteiger partial charge in [-0.2, -0.15) is 5.10 Å².